The van der Waals surface area contributed by atoms with Gasteiger partial charge in [0.25, 0.3) is 0 Å². The molecular weight excluding hydrogens is 452 g/mol. The topological polar surface area (TPSA) is 65.4 Å². The molecule has 0 spiro atoms. The number of aliphatic imine (C=N–C) groups is 1. The summed E-state index contributed by atoms with van der Waals surface area (Å²) in [5.74, 6) is 0.841. The molecular formula is C33H58N4. The van der Waals surface area contributed by atoms with Crippen LogP contribution in [0.4, 0.5) is 0 Å². The van der Waals surface area contributed by atoms with E-state index in [0.717, 1.165) is 34.9 Å². The summed E-state index contributed by atoms with van der Waals surface area (Å²) in [6.07, 6.45) is 7.53. The Labute approximate surface area is 231 Å². The minimum Gasteiger partial charge on any atom is -0.375 e. The van der Waals surface area contributed by atoms with Crippen molar-refractivity contribution in [2.75, 3.05) is 20.1 Å². The Morgan fingerprint density at radius 1 is 1.22 bits per heavy atom. The molecule has 2 N–H and O–H groups in total. The number of nitrogens with zero attached hydrogens (tertiary/aromatic N) is 3. The minimum absolute atomic E-state index is 0.453. The lowest BCUT2D eigenvalue weighted by Gasteiger charge is -2.44. The average molecular weight is 511 g/mol. The normalized spacial score (nSPS) is 15.7. The van der Waals surface area contributed by atoms with E-state index in [2.05, 4.69) is 62.5 Å². The van der Waals surface area contributed by atoms with Crippen LogP contribution in [-0.4, -0.2) is 30.7 Å². The zero-order valence-electron chi connectivity index (χ0n) is 26.3. The summed E-state index contributed by atoms with van der Waals surface area (Å²) in [5.41, 5.74) is 10.5. The zero-order valence-corrected chi connectivity index (χ0v) is 26.3. The first kappa shape index (κ1) is 38.9. The monoisotopic (exact) mass is 510 g/mol. The third-order valence-electron chi connectivity index (χ3n) is 6.04. The Hall–Kier alpha value is -2.64. The third-order valence-corrected chi connectivity index (χ3v) is 6.04. The maximum Gasteiger partial charge on any atom is 0.0994 e. The number of rotatable bonds is 6. The summed E-state index contributed by atoms with van der Waals surface area (Å²) in [7, 11) is 1.50. The molecule has 4 heteroatoms. The Morgan fingerprint density at radius 2 is 1.78 bits per heavy atom. The summed E-state index contributed by atoms with van der Waals surface area (Å²) in [6, 6.07) is 7.95. The lowest BCUT2D eigenvalue weighted by atomic mass is 9.75. The van der Waals surface area contributed by atoms with Crippen molar-refractivity contribution in [2.45, 2.75) is 95.4 Å². The summed E-state index contributed by atoms with van der Waals surface area (Å²) < 4.78 is 0. The molecule has 1 aromatic carbocycles. The first-order chi connectivity index (χ1) is 17.5. The van der Waals surface area contributed by atoms with Crippen molar-refractivity contribution in [3.63, 3.8) is 0 Å². The number of hydrogen-bond acceptors (Lipinski definition) is 4. The number of nitriles is 1. The number of piperidine rings is 1. The van der Waals surface area contributed by atoms with Gasteiger partial charge in [-0.25, -0.2) is 0 Å². The summed E-state index contributed by atoms with van der Waals surface area (Å²) in [5, 5.41) is 9.01. The largest absolute Gasteiger partial charge is 0.375 e. The van der Waals surface area contributed by atoms with E-state index < -0.39 is 0 Å². The highest BCUT2D eigenvalue weighted by atomic mass is 15.1. The molecule has 0 amide bonds. The number of benzene rings is 1. The molecule has 0 radical (unpaired) electrons. The van der Waals surface area contributed by atoms with E-state index in [1.165, 1.54) is 38.7 Å². The van der Waals surface area contributed by atoms with Crippen LogP contribution in [0.15, 0.2) is 59.9 Å². The van der Waals surface area contributed by atoms with E-state index >= 15 is 0 Å². The highest BCUT2D eigenvalue weighted by Gasteiger charge is 2.32. The number of likely N-dealkylation sites (tertiary alicyclic amines) is 1. The first-order valence-corrected chi connectivity index (χ1v) is 13.9. The fourth-order valence-electron chi connectivity index (χ4n) is 3.65. The Balaban J connectivity index is -0.000000525. The lowest BCUT2D eigenvalue weighted by molar-refractivity contribution is 0.0855. The van der Waals surface area contributed by atoms with Crippen molar-refractivity contribution < 1.29 is 0 Å². The predicted octanol–water partition coefficient (Wildman–Crippen LogP) is 9.06. The van der Waals surface area contributed by atoms with Gasteiger partial charge in [-0.1, -0.05) is 93.2 Å². The molecule has 1 atom stereocenters. The molecule has 1 fully saturated rings. The van der Waals surface area contributed by atoms with Gasteiger partial charge in [0.1, 0.15) is 0 Å². The van der Waals surface area contributed by atoms with Gasteiger partial charge in [-0.05, 0) is 69.7 Å². The van der Waals surface area contributed by atoms with Gasteiger partial charge in [0.15, 0.2) is 0 Å². The molecule has 0 aromatic heterocycles. The fourth-order valence-corrected chi connectivity index (χ4v) is 3.65. The summed E-state index contributed by atoms with van der Waals surface area (Å²) >= 11 is 0. The van der Waals surface area contributed by atoms with Crippen molar-refractivity contribution in [1.82, 2.24) is 4.90 Å². The molecule has 37 heavy (non-hydrogen) atoms. The van der Waals surface area contributed by atoms with Crippen LogP contribution in [0, 0.1) is 29.6 Å². The van der Waals surface area contributed by atoms with Gasteiger partial charge in [-0.2, -0.15) is 5.26 Å². The van der Waals surface area contributed by atoms with Gasteiger partial charge >= 0.3 is 0 Å². The summed E-state index contributed by atoms with van der Waals surface area (Å²) in [4.78, 5) is 6.86. The van der Waals surface area contributed by atoms with E-state index in [-0.39, 0.29) is 0 Å². The maximum atomic E-state index is 9.01. The molecule has 1 heterocycles. The van der Waals surface area contributed by atoms with Crippen LogP contribution in [0.25, 0.3) is 0 Å². The van der Waals surface area contributed by atoms with Crippen LogP contribution in [0.1, 0.15) is 105 Å². The molecule has 0 bridgehead atoms. The van der Waals surface area contributed by atoms with Crippen molar-refractivity contribution >= 4 is 5.71 Å². The van der Waals surface area contributed by atoms with Crippen molar-refractivity contribution in [2.24, 2.45) is 22.1 Å². The van der Waals surface area contributed by atoms with Gasteiger partial charge in [0.05, 0.1) is 17.3 Å². The standard InChI is InChI=1S/C15H16N2.C13H25N.2C2H6.CH5N/c1-5-6-15(17-11(2)3)13-8-7-12(4)14(9-13)10-16;1-6-7-12(3)14-9-8-11(2)13(4,5)10-14;3*1-2/h5-9H,2H2,1,3-4H3;11H,3,6-10H2,1-2,4-5H3;2*1-2H3;2H2,1H3/b6-5-,17-15?;;;;. The summed E-state index contributed by atoms with van der Waals surface area (Å²) in [6.45, 7) is 33.4. The van der Waals surface area contributed by atoms with Gasteiger partial charge in [-0.3, -0.25) is 4.99 Å². The molecule has 1 aliphatic heterocycles. The number of allylic oxidation sites excluding steroid dienone is 4. The van der Waals surface area contributed by atoms with Crippen molar-refractivity contribution in [3.8, 4) is 6.07 Å². The second-order valence-electron chi connectivity index (χ2n) is 9.29. The van der Waals surface area contributed by atoms with Crippen LogP contribution in [0.3, 0.4) is 0 Å². The quantitative estimate of drug-likeness (QED) is 0.388. The Bertz CT molecular complexity index is 869. The number of aryl methyl sites for hydroxylation is 1. The highest BCUT2D eigenvalue weighted by molar-refractivity contribution is 6.09. The average Bonchev–Trinajstić information content (AvgIpc) is 2.89. The van der Waals surface area contributed by atoms with E-state index in [4.69, 9.17) is 5.26 Å². The third kappa shape index (κ3) is 15.3. The molecule has 0 saturated carbocycles. The van der Waals surface area contributed by atoms with Crippen LogP contribution in [0.2, 0.25) is 0 Å². The maximum absolute atomic E-state index is 9.01. The minimum atomic E-state index is 0.453. The van der Waals surface area contributed by atoms with Gasteiger partial charge in [0.2, 0.25) is 0 Å². The second kappa shape index (κ2) is 22.5. The smallest absolute Gasteiger partial charge is 0.0994 e. The molecule has 210 valence electrons. The highest BCUT2D eigenvalue weighted by Crippen LogP contribution is 2.35. The van der Waals surface area contributed by atoms with E-state index in [9.17, 15) is 0 Å². The van der Waals surface area contributed by atoms with Crippen LogP contribution in [0.5, 0.6) is 0 Å². The predicted molar refractivity (Wildman–Crippen MR) is 168 cm³/mol. The second-order valence-corrected chi connectivity index (χ2v) is 9.29. The molecule has 0 aliphatic carbocycles. The van der Waals surface area contributed by atoms with Crippen LogP contribution >= 0.6 is 0 Å². The first-order valence-electron chi connectivity index (χ1n) is 13.9. The molecule has 1 aromatic rings. The van der Waals surface area contributed by atoms with E-state index in [1.807, 2.05) is 78.8 Å². The van der Waals surface area contributed by atoms with E-state index in [1.54, 1.807) is 0 Å². The van der Waals surface area contributed by atoms with E-state index in [0.29, 0.717) is 11.0 Å². The number of hydrogen-bond donors (Lipinski definition) is 1. The van der Waals surface area contributed by atoms with Crippen molar-refractivity contribution in [3.05, 3.63) is 71.6 Å². The molecule has 1 saturated heterocycles. The molecule has 4 nitrogen and oxygen atoms in total. The fraction of sp³-hybridized carbons (Fsp3) is 0.576. The Kier molecular flexibility index (Phi) is 23.7. The van der Waals surface area contributed by atoms with Gasteiger partial charge < -0.3 is 10.6 Å². The van der Waals surface area contributed by atoms with Crippen LogP contribution in [-0.2, 0) is 0 Å². The van der Waals surface area contributed by atoms with Crippen molar-refractivity contribution in [1.29, 1.82) is 5.26 Å². The number of nitrogens with two attached hydrogens (primary N) is 1. The van der Waals surface area contributed by atoms with Gasteiger partial charge in [0, 0.05) is 30.0 Å². The SMILES string of the molecule is C=C(C)N=C(/C=C\C)c1ccc(C)c(C#N)c1.C=C(CCC)N1CCC(C)C(C)(C)C1.CC.CC.CN. The molecule has 1 unspecified atom stereocenters. The van der Waals surface area contributed by atoms with Crippen LogP contribution < -0.4 is 5.73 Å². The Morgan fingerprint density at radius 3 is 2.22 bits per heavy atom. The molecule has 2 rings (SSSR count). The molecule has 1 aliphatic rings. The zero-order chi connectivity index (χ0) is 29.6. The van der Waals surface area contributed by atoms with Gasteiger partial charge in [-0.15, -0.1) is 0 Å². The lowest BCUT2D eigenvalue weighted by Crippen LogP contribution is -2.43.